The highest BCUT2D eigenvalue weighted by Crippen LogP contribution is 2.35. The summed E-state index contributed by atoms with van der Waals surface area (Å²) in [5.74, 6) is 1.79. The zero-order chi connectivity index (χ0) is 15.6. The van der Waals surface area contributed by atoms with Gasteiger partial charge in [0.1, 0.15) is 5.75 Å². The van der Waals surface area contributed by atoms with Gasteiger partial charge in [-0.15, -0.1) is 0 Å². The van der Waals surface area contributed by atoms with Gasteiger partial charge in [-0.25, -0.2) is 0 Å². The first-order valence-corrected chi connectivity index (χ1v) is 8.86. The van der Waals surface area contributed by atoms with Gasteiger partial charge in [0.2, 0.25) is 0 Å². The quantitative estimate of drug-likeness (QED) is 0.890. The SMILES string of the molecule is C[C@@H](N[C@H]1CC[C@H](c2ccccc2)C1)c1ccc2c(c1)CCO2. The maximum absolute atomic E-state index is 5.61. The van der Waals surface area contributed by atoms with Crippen LogP contribution < -0.4 is 10.1 Å². The first-order valence-electron chi connectivity index (χ1n) is 8.86. The molecule has 1 heterocycles. The third-order valence-corrected chi connectivity index (χ3v) is 5.40. The van der Waals surface area contributed by atoms with Crippen LogP contribution in [0.15, 0.2) is 48.5 Å². The van der Waals surface area contributed by atoms with Crippen molar-refractivity contribution in [3.8, 4) is 5.75 Å². The van der Waals surface area contributed by atoms with Crippen molar-refractivity contribution in [1.82, 2.24) is 5.32 Å². The third kappa shape index (κ3) is 3.13. The van der Waals surface area contributed by atoms with Crippen LogP contribution in [0.1, 0.15) is 54.8 Å². The van der Waals surface area contributed by atoms with Crippen molar-refractivity contribution in [3.05, 3.63) is 65.2 Å². The van der Waals surface area contributed by atoms with Gasteiger partial charge in [-0.05, 0) is 54.9 Å². The molecule has 2 nitrogen and oxygen atoms in total. The monoisotopic (exact) mass is 307 g/mol. The molecule has 0 amide bonds. The first-order chi connectivity index (χ1) is 11.3. The van der Waals surface area contributed by atoms with E-state index in [0.29, 0.717) is 18.0 Å². The molecule has 2 aliphatic rings. The molecule has 0 bridgehead atoms. The highest BCUT2D eigenvalue weighted by Gasteiger charge is 2.27. The number of hydrogen-bond acceptors (Lipinski definition) is 2. The van der Waals surface area contributed by atoms with E-state index in [-0.39, 0.29) is 0 Å². The molecule has 2 aromatic rings. The molecule has 1 N–H and O–H groups in total. The number of benzene rings is 2. The second-order valence-corrected chi connectivity index (χ2v) is 6.97. The van der Waals surface area contributed by atoms with Gasteiger partial charge in [0.15, 0.2) is 0 Å². The lowest BCUT2D eigenvalue weighted by atomic mass is 9.97. The van der Waals surface area contributed by atoms with Crippen LogP contribution in [0, 0.1) is 0 Å². The number of nitrogens with one attached hydrogen (secondary N) is 1. The van der Waals surface area contributed by atoms with E-state index in [1.165, 1.54) is 36.0 Å². The maximum Gasteiger partial charge on any atom is 0.122 e. The Morgan fingerprint density at radius 2 is 1.96 bits per heavy atom. The summed E-state index contributed by atoms with van der Waals surface area (Å²) in [7, 11) is 0. The van der Waals surface area contributed by atoms with Crippen LogP contribution in [0.2, 0.25) is 0 Å². The topological polar surface area (TPSA) is 21.3 Å². The summed E-state index contributed by atoms with van der Waals surface area (Å²) >= 11 is 0. The minimum Gasteiger partial charge on any atom is -0.493 e. The van der Waals surface area contributed by atoms with E-state index in [0.717, 1.165) is 18.8 Å². The van der Waals surface area contributed by atoms with Crippen LogP contribution in [0.25, 0.3) is 0 Å². The fourth-order valence-electron chi connectivity index (χ4n) is 4.09. The molecule has 0 unspecified atom stereocenters. The van der Waals surface area contributed by atoms with Crippen LogP contribution >= 0.6 is 0 Å². The standard InChI is InChI=1S/C21H25NO/c1-15(17-8-10-21-19(13-17)11-12-23-21)22-20-9-7-18(14-20)16-5-3-2-4-6-16/h2-6,8,10,13,15,18,20,22H,7,9,11-12,14H2,1H3/t15-,18+,20+/m1/s1. The van der Waals surface area contributed by atoms with E-state index in [1.807, 2.05) is 0 Å². The Labute approximate surface area is 138 Å². The predicted molar refractivity (Wildman–Crippen MR) is 94.0 cm³/mol. The highest BCUT2D eigenvalue weighted by atomic mass is 16.5. The van der Waals surface area contributed by atoms with Gasteiger partial charge < -0.3 is 10.1 Å². The van der Waals surface area contributed by atoms with Gasteiger partial charge in [-0.2, -0.15) is 0 Å². The lowest BCUT2D eigenvalue weighted by Crippen LogP contribution is -2.29. The lowest BCUT2D eigenvalue weighted by molar-refractivity contribution is 0.356. The van der Waals surface area contributed by atoms with E-state index >= 15 is 0 Å². The van der Waals surface area contributed by atoms with Crippen LogP contribution in [-0.2, 0) is 6.42 Å². The van der Waals surface area contributed by atoms with Crippen molar-refractivity contribution in [3.63, 3.8) is 0 Å². The first kappa shape index (κ1) is 14.8. The second kappa shape index (κ2) is 6.37. The summed E-state index contributed by atoms with van der Waals surface area (Å²) in [6.45, 7) is 3.12. The molecule has 4 rings (SSSR count). The van der Waals surface area contributed by atoms with Gasteiger partial charge in [-0.3, -0.25) is 0 Å². The van der Waals surface area contributed by atoms with Gasteiger partial charge in [-0.1, -0.05) is 42.5 Å². The maximum atomic E-state index is 5.61. The van der Waals surface area contributed by atoms with Gasteiger partial charge in [0.05, 0.1) is 6.61 Å². The molecule has 1 aliphatic carbocycles. The minimum absolute atomic E-state index is 0.403. The van der Waals surface area contributed by atoms with E-state index in [1.54, 1.807) is 0 Å². The minimum atomic E-state index is 0.403. The smallest absolute Gasteiger partial charge is 0.122 e. The fraction of sp³-hybridized carbons (Fsp3) is 0.429. The summed E-state index contributed by atoms with van der Waals surface area (Å²) in [5.41, 5.74) is 4.25. The number of fused-ring (bicyclic) bond motifs is 1. The number of ether oxygens (including phenoxy) is 1. The van der Waals surface area contributed by atoms with Gasteiger partial charge >= 0.3 is 0 Å². The molecule has 3 atom stereocenters. The fourth-order valence-corrected chi connectivity index (χ4v) is 4.09. The Kier molecular flexibility index (Phi) is 4.09. The number of hydrogen-bond donors (Lipinski definition) is 1. The molecule has 0 spiro atoms. The van der Waals surface area contributed by atoms with E-state index < -0.39 is 0 Å². The molecule has 1 aliphatic heterocycles. The van der Waals surface area contributed by atoms with Crippen molar-refractivity contribution < 1.29 is 4.74 Å². The molecule has 120 valence electrons. The highest BCUT2D eigenvalue weighted by molar-refractivity contribution is 5.40. The third-order valence-electron chi connectivity index (χ3n) is 5.40. The Morgan fingerprint density at radius 3 is 2.83 bits per heavy atom. The molecule has 0 radical (unpaired) electrons. The van der Waals surface area contributed by atoms with E-state index in [9.17, 15) is 0 Å². The molecule has 1 saturated carbocycles. The zero-order valence-electron chi connectivity index (χ0n) is 13.8. The van der Waals surface area contributed by atoms with E-state index in [2.05, 4.69) is 60.8 Å². The molecule has 0 aromatic heterocycles. The largest absolute Gasteiger partial charge is 0.493 e. The molecule has 2 heteroatoms. The lowest BCUT2D eigenvalue weighted by Gasteiger charge is -2.21. The van der Waals surface area contributed by atoms with Crippen LogP contribution in [0.3, 0.4) is 0 Å². The normalized spacial score (nSPS) is 24.2. The summed E-state index contributed by atoms with van der Waals surface area (Å²) in [4.78, 5) is 0. The van der Waals surface area contributed by atoms with Crippen molar-refractivity contribution in [2.24, 2.45) is 0 Å². The average Bonchev–Trinajstić information content (AvgIpc) is 3.24. The summed E-state index contributed by atoms with van der Waals surface area (Å²) in [5, 5.41) is 3.85. The van der Waals surface area contributed by atoms with Gasteiger partial charge in [0, 0.05) is 18.5 Å². The molecular formula is C21H25NO. The number of rotatable bonds is 4. The van der Waals surface area contributed by atoms with Crippen LogP contribution in [-0.4, -0.2) is 12.6 Å². The van der Waals surface area contributed by atoms with Crippen molar-refractivity contribution in [1.29, 1.82) is 0 Å². The molecule has 2 aromatic carbocycles. The van der Waals surface area contributed by atoms with Gasteiger partial charge in [0.25, 0.3) is 0 Å². The van der Waals surface area contributed by atoms with Crippen molar-refractivity contribution >= 4 is 0 Å². The average molecular weight is 307 g/mol. The summed E-state index contributed by atoms with van der Waals surface area (Å²) in [6.07, 6.45) is 4.88. The molecule has 23 heavy (non-hydrogen) atoms. The van der Waals surface area contributed by atoms with E-state index in [4.69, 9.17) is 4.74 Å². The molecule has 0 saturated heterocycles. The Bertz CT molecular complexity index is 667. The second-order valence-electron chi connectivity index (χ2n) is 6.97. The molecule has 1 fully saturated rings. The summed E-state index contributed by atoms with van der Waals surface area (Å²) in [6, 6.07) is 18.7. The Hall–Kier alpha value is -1.80. The predicted octanol–water partition coefficient (Wildman–Crippen LogP) is 4.61. The van der Waals surface area contributed by atoms with Crippen molar-refractivity contribution in [2.75, 3.05) is 6.61 Å². The Morgan fingerprint density at radius 1 is 1.09 bits per heavy atom. The summed E-state index contributed by atoms with van der Waals surface area (Å²) < 4.78 is 5.61. The molecular weight excluding hydrogens is 282 g/mol. The van der Waals surface area contributed by atoms with Crippen LogP contribution in [0.5, 0.6) is 5.75 Å². The van der Waals surface area contributed by atoms with Crippen molar-refractivity contribution in [2.45, 2.75) is 50.6 Å². The Balaban J connectivity index is 1.39. The van der Waals surface area contributed by atoms with Crippen LogP contribution in [0.4, 0.5) is 0 Å². The zero-order valence-corrected chi connectivity index (χ0v) is 13.8.